The van der Waals surface area contributed by atoms with Crippen molar-refractivity contribution < 1.29 is 9.53 Å². The second kappa shape index (κ2) is 7.47. The van der Waals surface area contributed by atoms with Gasteiger partial charge in [-0.15, -0.1) is 11.3 Å². The van der Waals surface area contributed by atoms with E-state index in [4.69, 9.17) is 10.5 Å². The van der Waals surface area contributed by atoms with E-state index in [2.05, 4.69) is 15.9 Å². The molecule has 0 radical (unpaired) electrons. The van der Waals surface area contributed by atoms with E-state index in [-0.39, 0.29) is 12.5 Å². The number of carbonyl (C=O) groups excluding carboxylic acids is 1. The van der Waals surface area contributed by atoms with Gasteiger partial charge in [-0.1, -0.05) is 12.1 Å². The minimum absolute atomic E-state index is 0.00536. The number of hydrogen-bond acceptors (Lipinski definition) is 4. The average molecular weight is 369 g/mol. The van der Waals surface area contributed by atoms with Crippen LogP contribution in [-0.2, 0) is 11.3 Å². The van der Waals surface area contributed by atoms with Crippen LogP contribution in [0.5, 0.6) is 5.75 Å². The summed E-state index contributed by atoms with van der Waals surface area (Å²) in [5.41, 5.74) is 6.33. The number of nitrogen functional groups attached to an aromatic ring is 1. The van der Waals surface area contributed by atoms with E-state index in [0.717, 1.165) is 8.66 Å². The summed E-state index contributed by atoms with van der Waals surface area (Å²) in [5.74, 6) is 0.492. The van der Waals surface area contributed by atoms with Crippen LogP contribution in [0, 0.1) is 0 Å². The Labute approximate surface area is 136 Å². The molecule has 0 bridgehead atoms. The first-order chi connectivity index (χ1) is 10.1. The Morgan fingerprint density at radius 2 is 2.10 bits per heavy atom. The second-order valence-electron chi connectivity index (χ2n) is 4.44. The number of para-hydroxylation sites is 2. The maximum atomic E-state index is 12.2. The molecule has 0 aliphatic carbocycles. The van der Waals surface area contributed by atoms with Crippen LogP contribution >= 0.6 is 27.3 Å². The number of carbonyl (C=O) groups is 1. The van der Waals surface area contributed by atoms with Gasteiger partial charge in [0, 0.05) is 11.4 Å². The maximum Gasteiger partial charge on any atom is 0.260 e. The highest BCUT2D eigenvalue weighted by Crippen LogP contribution is 2.23. The van der Waals surface area contributed by atoms with Gasteiger partial charge >= 0.3 is 0 Å². The molecule has 0 aliphatic heterocycles. The third kappa shape index (κ3) is 4.47. The summed E-state index contributed by atoms with van der Waals surface area (Å²) < 4.78 is 6.57. The van der Waals surface area contributed by atoms with Crippen molar-refractivity contribution in [3.8, 4) is 5.75 Å². The molecule has 1 aromatic carbocycles. The zero-order valence-corrected chi connectivity index (χ0v) is 14.1. The van der Waals surface area contributed by atoms with Gasteiger partial charge < -0.3 is 15.4 Å². The number of thiophene rings is 1. The highest BCUT2D eigenvalue weighted by atomic mass is 79.9. The van der Waals surface area contributed by atoms with E-state index in [1.54, 1.807) is 28.4 Å². The van der Waals surface area contributed by atoms with Crippen LogP contribution in [0.2, 0.25) is 0 Å². The van der Waals surface area contributed by atoms with Crippen molar-refractivity contribution in [3.63, 3.8) is 0 Å². The van der Waals surface area contributed by atoms with Gasteiger partial charge in [-0.2, -0.15) is 0 Å². The summed E-state index contributed by atoms with van der Waals surface area (Å²) in [6.45, 7) is 3.19. The first-order valence-electron chi connectivity index (χ1n) is 6.59. The van der Waals surface area contributed by atoms with Crippen LogP contribution in [-0.4, -0.2) is 24.0 Å². The minimum Gasteiger partial charge on any atom is -0.482 e. The lowest BCUT2D eigenvalue weighted by Crippen LogP contribution is -2.34. The van der Waals surface area contributed by atoms with E-state index in [1.165, 1.54) is 0 Å². The fourth-order valence-corrected chi connectivity index (χ4v) is 3.34. The Morgan fingerprint density at radius 1 is 1.33 bits per heavy atom. The molecule has 4 nitrogen and oxygen atoms in total. The predicted octanol–water partition coefficient (Wildman–Crippen LogP) is 3.52. The lowest BCUT2D eigenvalue weighted by atomic mass is 10.3. The number of likely N-dealkylation sites (N-methyl/N-ethyl adjacent to an activating group) is 1. The molecule has 0 aliphatic rings. The van der Waals surface area contributed by atoms with E-state index in [1.807, 2.05) is 31.2 Å². The summed E-state index contributed by atoms with van der Waals surface area (Å²) in [5, 5.41) is 0. The van der Waals surface area contributed by atoms with Crippen molar-refractivity contribution in [2.24, 2.45) is 0 Å². The number of rotatable bonds is 6. The second-order valence-corrected chi connectivity index (χ2v) is 6.99. The topological polar surface area (TPSA) is 55.6 Å². The monoisotopic (exact) mass is 368 g/mol. The minimum atomic E-state index is -0.0507. The van der Waals surface area contributed by atoms with E-state index >= 15 is 0 Å². The van der Waals surface area contributed by atoms with Crippen molar-refractivity contribution in [2.45, 2.75) is 13.5 Å². The molecule has 1 amide bonds. The maximum absolute atomic E-state index is 12.2. The SMILES string of the molecule is CCN(Cc1ccc(Br)s1)C(=O)COc1ccccc1N. The normalized spacial score (nSPS) is 10.4. The van der Waals surface area contributed by atoms with Crippen LogP contribution < -0.4 is 10.5 Å². The van der Waals surface area contributed by atoms with Crippen molar-refractivity contribution >= 4 is 38.9 Å². The molecule has 0 fully saturated rings. The Bertz CT molecular complexity index is 615. The summed E-state index contributed by atoms with van der Waals surface area (Å²) >= 11 is 5.05. The number of ether oxygens (including phenoxy) is 1. The van der Waals surface area contributed by atoms with Gasteiger partial charge in [-0.3, -0.25) is 4.79 Å². The molecule has 1 heterocycles. The summed E-state index contributed by atoms with van der Waals surface area (Å²) in [7, 11) is 0. The van der Waals surface area contributed by atoms with Gasteiger partial charge in [0.05, 0.1) is 16.0 Å². The summed E-state index contributed by atoms with van der Waals surface area (Å²) in [6, 6.07) is 11.2. The van der Waals surface area contributed by atoms with Crippen molar-refractivity contribution in [1.82, 2.24) is 4.90 Å². The van der Waals surface area contributed by atoms with Crippen LogP contribution in [0.4, 0.5) is 5.69 Å². The van der Waals surface area contributed by atoms with Gasteiger partial charge in [-0.25, -0.2) is 0 Å². The highest BCUT2D eigenvalue weighted by Gasteiger charge is 2.14. The number of benzene rings is 1. The van der Waals surface area contributed by atoms with Crippen molar-refractivity contribution in [3.05, 3.63) is 45.1 Å². The number of anilines is 1. The first kappa shape index (κ1) is 15.9. The van der Waals surface area contributed by atoms with E-state index in [0.29, 0.717) is 24.5 Å². The Morgan fingerprint density at radius 3 is 2.71 bits per heavy atom. The predicted molar refractivity (Wildman–Crippen MR) is 89.5 cm³/mol. The van der Waals surface area contributed by atoms with Gasteiger partial charge in [-0.05, 0) is 47.1 Å². The first-order valence-corrected chi connectivity index (χ1v) is 8.20. The number of halogens is 1. The molecular weight excluding hydrogens is 352 g/mol. The third-order valence-electron chi connectivity index (χ3n) is 2.98. The Kier molecular flexibility index (Phi) is 5.64. The smallest absolute Gasteiger partial charge is 0.260 e. The molecule has 2 rings (SSSR count). The van der Waals surface area contributed by atoms with Gasteiger partial charge in [0.1, 0.15) is 5.75 Å². The van der Waals surface area contributed by atoms with E-state index in [9.17, 15) is 4.79 Å². The number of hydrogen-bond donors (Lipinski definition) is 1. The Balaban J connectivity index is 1.93. The van der Waals surface area contributed by atoms with Crippen LogP contribution in [0.25, 0.3) is 0 Å². The molecule has 2 aromatic rings. The third-order valence-corrected chi connectivity index (χ3v) is 4.59. The molecule has 0 spiro atoms. The molecule has 0 saturated carbocycles. The Hall–Kier alpha value is -1.53. The van der Waals surface area contributed by atoms with Gasteiger partial charge in [0.2, 0.25) is 0 Å². The highest BCUT2D eigenvalue weighted by molar-refractivity contribution is 9.11. The van der Waals surface area contributed by atoms with Gasteiger partial charge in [0.15, 0.2) is 6.61 Å². The molecular formula is C15H17BrN2O2S. The quantitative estimate of drug-likeness (QED) is 0.793. The largest absolute Gasteiger partial charge is 0.482 e. The lowest BCUT2D eigenvalue weighted by Gasteiger charge is -2.20. The zero-order valence-electron chi connectivity index (χ0n) is 11.7. The molecule has 1 aromatic heterocycles. The lowest BCUT2D eigenvalue weighted by molar-refractivity contribution is -0.133. The number of nitrogens with two attached hydrogens (primary N) is 1. The van der Waals surface area contributed by atoms with E-state index < -0.39 is 0 Å². The zero-order chi connectivity index (χ0) is 15.2. The fourth-order valence-electron chi connectivity index (χ4n) is 1.84. The van der Waals surface area contributed by atoms with Crippen LogP contribution in [0.1, 0.15) is 11.8 Å². The standard InChI is InChI=1S/C15H17BrN2O2S/c1-2-18(9-11-7-8-14(16)21-11)15(19)10-20-13-6-4-3-5-12(13)17/h3-8H,2,9-10,17H2,1H3. The molecule has 21 heavy (non-hydrogen) atoms. The molecule has 6 heteroatoms. The van der Waals surface area contributed by atoms with Crippen LogP contribution in [0.3, 0.4) is 0 Å². The van der Waals surface area contributed by atoms with Crippen molar-refractivity contribution in [1.29, 1.82) is 0 Å². The number of amides is 1. The van der Waals surface area contributed by atoms with Crippen molar-refractivity contribution in [2.75, 3.05) is 18.9 Å². The average Bonchev–Trinajstić information content (AvgIpc) is 2.89. The molecule has 2 N–H and O–H groups in total. The molecule has 112 valence electrons. The molecule has 0 atom stereocenters. The number of nitrogens with zero attached hydrogens (tertiary/aromatic N) is 1. The summed E-state index contributed by atoms with van der Waals surface area (Å²) in [4.78, 5) is 15.1. The molecule has 0 saturated heterocycles. The molecule has 0 unspecified atom stereocenters. The summed E-state index contributed by atoms with van der Waals surface area (Å²) in [6.07, 6.45) is 0. The van der Waals surface area contributed by atoms with Gasteiger partial charge in [0.25, 0.3) is 5.91 Å². The fraction of sp³-hybridized carbons (Fsp3) is 0.267. The van der Waals surface area contributed by atoms with Crippen LogP contribution in [0.15, 0.2) is 40.2 Å².